The van der Waals surface area contributed by atoms with Crippen LogP contribution in [0.15, 0.2) is 36.4 Å². The molecular weight excluding hydrogens is 367 g/mol. The Hall–Kier alpha value is -2.11. The molecule has 0 spiro atoms. The Labute approximate surface area is 156 Å². The summed E-state index contributed by atoms with van der Waals surface area (Å²) in [6.45, 7) is 0.338. The van der Waals surface area contributed by atoms with Crippen molar-refractivity contribution < 1.29 is 23.7 Å². The summed E-state index contributed by atoms with van der Waals surface area (Å²) in [5, 5.41) is 1.06. The fourth-order valence-electron chi connectivity index (χ4n) is 2.06. The van der Waals surface area contributed by atoms with E-state index in [2.05, 4.69) is 0 Å². The maximum atomic E-state index is 11.9. The van der Waals surface area contributed by atoms with E-state index in [9.17, 15) is 4.79 Å². The van der Waals surface area contributed by atoms with E-state index in [0.29, 0.717) is 46.1 Å². The molecule has 0 aliphatic carbocycles. The molecule has 0 aliphatic heterocycles. The summed E-state index contributed by atoms with van der Waals surface area (Å²) in [7, 11) is 3.02. The van der Waals surface area contributed by atoms with Crippen molar-refractivity contribution in [3.05, 3.63) is 46.4 Å². The lowest BCUT2D eigenvalue weighted by atomic mass is 10.3. The molecule has 5 nitrogen and oxygen atoms in total. The lowest BCUT2D eigenvalue weighted by Crippen LogP contribution is -2.10. The van der Waals surface area contributed by atoms with Crippen molar-refractivity contribution >= 4 is 29.2 Å². The Kier molecular flexibility index (Phi) is 7.22. The number of ether oxygens (including phenoxy) is 4. The van der Waals surface area contributed by atoms with Crippen LogP contribution in [0.2, 0.25) is 10.0 Å². The number of hydrogen-bond acceptors (Lipinski definition) is 5. The van der Waals surface area contributed by atoms with Gasteiger partial charge in [0.25, 0.3) is 0 Å². The maximum Gasteiger partial charge on any atom is 0.311 e. The van der Waals surface area contributed by atoms with Gasteiger partial charge in [-0.2, -0.15) is 0 Å². The SMILES string of the molecule is COc1cc(Cl)ccc1OCCCC(=O)Oc1ccc(Cl)cc1OC. The molecule has 2 rings (SSSR count). The summed E-state index contributed by atoms with van der Waals surface area (Å²) in [5.41, 5.74) is 0. The first-order valence-corrected chi connectivity index (χ1v) is 8.29. The molecule has 0 saturated carbocycles. The average Bonchev–Trinajstić information content (AvgIpc) is 2.61. The molecule has 0 atom stereocenters. The first-order valence-electron chi connectivity index (χ1n) is 7.54. The summed E-state index contributed by atoms with van der Waals surface area (Å²) in [6, 6.07) is 9.90. The number of carbonyl (C=O) groups excluding carboxylic acids is 1. The first kappa shape index (κ1) is 19.2. The van der Waals surface area contributed by atoms with Crippen LogP contribution >= 0.6 is 23.2 Å². The van der Waals surface area contributed by atoms with E-state index >= 15 is 0 Å². The highest BCUT2D eigenvalue weighted by atomic mass is 35.5. The largest absolute Gasteiger partial charge is 0.493 e. The minimum absolute atomic E-state index is 0.196. The van der Waals surface area contributed by atoms with E-state index in [1.807, 2.05) is 0 Å². The van der Waals surface area contributed by atoms with Gasteiger partial charge in [0.05, 0.1) is 20.8 Å². The molecular formula is C18H18Cl2O5. The minimum atomic E-state index is -0.382. The van der Waals surface area contributed by atoms with E-state index in [4.69, 9.17) is 42.1 Å². The standard InChI is InChI=1S/C18H18Cl2O5/c1-22-16-10-12(19)5-7-14(16)24-9-3-4-18(21)25-15-8-6-13(20)11-17(15)23-2/h5-8,10-11H,3-4,9H2,1-2H3. The molecule has 2 aromatic carbocycles. The highest BCUT2D eigenvalue weighted by Gasteiger charge is 2.11. The van der Waals surface area contributed by atoms with Crippen LogP contribution in [0.25, 0.3) is 0 Å². The second-order valence-corrected chi connectivity index (χ2v) is 5.89. The fraction of sp³-hybridized carbons (Fsp3) is 0.278. The van der Waals surface area contributed by atoms with Crippen molar-refractivity contribution in [2.45, 2.75) is 12.8 Å². The quantitative estimate of drug-likeness (QED) is 0.372. The summed E-state index contributed by atoms with van der Waals surface area (Å²) in [4.78, 5) is 11.9. The van der Waals surface area contributed by atoms with Crippen LogP contribution in [-0.2, 0) is 4.79 Å². The molecule has 134 valence electrons. The molecule has 0 aromatic heterocycles. The van der Waals surface area contributed by atoms with Crippen LogP contribution in [-0.4, -0.2) is 26.8 Å². The molecule has 2 aromatic rings. The monoisotopic (exact) mass is 384 g/mol. The summed E-state index contributed by atoms with van der Waals surface area (Å²) >= 11 is 11.8. The molecule has 7 heteroatoms. The maximum absolute atomic E-state index is 11.9. The Morgan fingerprint density at radius 1 is 0.880 bits per heavy atom. The molecule has 0 heterocycles. The van der Waals surface area contributed by atoms with Gasteiger partial charge in [-0.3, -0.25) is 4.79 Å². The summed E-state index contributed by atoms with van der Waals surface area (Å²) in [5.74, 6) is 1.47. The molecule has 0 fully saturated rings. The Balaban J connectivity index is 1.81. The van der Waals surface area contributed by atoms with Gasteiger partial charge in [-0.05, 0) is 30.7 Å². The van der Waals surface area contributed by atoms with E-state index in [-0.39, 0.29) is 12.4 Å². The lowest BCUT2D eigenvalue weighted by molar-refractivity contribution is -0.134. The summed E-state index contributed by atoms with van der Waals surface area (Å²) in [6.07, 6.45) is 0.683. The molecule has 0 radical (unpaired) electrons. The van der Waals surface area contributed by atoms with Crippen molar-refractivity contribution in [1.82, 2.24) is 0 Å². The van der Waals surface area contributed by atoms with Crippen LogP contribution in [0.5, 0.6) is 23.0 Å². The van der Waals surface area contributed by atoms with E-state index in [0.717, 1.165) is 0 Å². The van der Waals surface area contributed by atoms with Gasteiger partial charge in [0.1, 0.15) is 0 Å². The topological polar surface area (TPSA) is 54.0 Å². The number of rotatable bonds is 8. The molecule has 0 N–H and O–H groups in total. The number of hydrogen-bond donors (Lipinski definition) is 0. The first-order chi connectivity index (χ1) is 12.0. The zero-order chi connectivity index (χ0) is 18.2. The van der Waals surface area contributed by atoms with Crippen LogP contribution in [0.1, 0.15) is 12.8 Å². The third-order valence-corrected chi connectivity index (χ3v) is 3.73. The van der Waals surface area contributed by atoms with Crippen molar-refractivity contribution in [3.8, 4) is 23.0 Å². The van der Waals surface area contributed by atoms with Crippen molar-refractivity contribution in [2.75, 3.05) is 20.8 Å². The highest BCUT2D eigenvalue weighted by molar-refractivity contribution is 6.31. The van der Waals surface area contributed by atoms with Gasteiger partial charge in [0, 0.05) is 28.6 Å². The van der Waals surface area contributed by atoms with Gasteiger partial charge in [-0.25, -0.2) is 0 Å². The zero-order valence-corrected chi connectivity index (χ0v) is 15.4. The van der Waals surface area contributed by atoms with Crippen LogP contribution in [0.3, 0.4) is 0 Å². The molecule has 0 aliphatic rings. The molecule has 0 saturated heterocycles. The molecule has 0 unspecified atom stereocenters. The van der Waals surface area contributed by atoms with Crippen molar-refractivity contribution in [3.63, 3.8) is 0 Å². The lowest BCUT2D eigenvalue weighted by Gasteiger charge is -2.11. The van der Waals surface area contributed by atoms with E-state index in [1.165, 1.54) is 14.2 Å². The molecule has 0 amide bonds. The van der Waals surface area contributed by atoms with Crippen LogP contribution in [0, 0.1) is 0 Å². The smallest absolute Gasteiger partial charge is 0.311 e. The Morgan fingerprint density at radius 3 is 2.04 bits per heavy atom. The number of benzene rings is 2. The third kappa shape index (κ3) is 5.73. The van der Waals surface area contributed by atoms with E-state index < -0.39 is 0 Å². The van der Waals surface area contributed by atoms with Gasteiger partial charge >= 0.3 is 5.97 Å². The predicted octanol–water partition coefficient (Wildman–Crippen LogP) is 4.78. The Bertz CT molecular complexity index is 733. The van der Waals surface area contributed by atoms with Crippen molar-refractivity contribution in [2.24, 2.45) is 0 Å². The predicted molar refractivity (Wildman–Crippen MR) is 96.4 cm³/mol. The second-order valence-electron chi connectivity index (χ2n) is 5.02. The Morgan fingerprint density at radius 2 is 1.44 bits per heavy atom. The molecule has 25 heavy (non-hydrogen) atoms. The number of methoxy groups -OCH3 is 2. The van der Waals surface area contributed by atoms with Gasteiger partial charge in [-0.1, -0.05) is 23.2 Å². The normalized spacial score (nSPS) is 10.2. The van der Waals surface area contributed by atoms with Crippen molar-refractivity contribution in [1.29, 1.82) is 0 Å². The third-order valence-electron chi connectivity index (χ3n) is 3.26. The van der Waals surface area contributed by atoms with Gasteiger partial charge in [-0.15, -0.1) is 0 Å². The number of halogens is 2. The van der Waals surface area contributed by atoms with E-state index in [1.54, 1.807) is 36.4 Å². The van der Waals surface area contributed by atoms with Crippen LogP contribution < -0.4 is 18.9 Å². The average molecular weight is 385 g/mol. The molecule has 0 bridgehead atoms. The van der Waals surface area contributed by atoms with Gasteiger partial charge < -0.3 is 18.9 Å². The zero-order valence-electron chi connectivity index (χ0n) is 13.9. The minimum Gasteiger partial charge on any atom is -0.493 e. The van der Waals surface area contributed by atoms with Gasteiger partial charge in [0.2, 0.25) is 0 Å². The number of esters is 1. The van der Waals surface area contributed by atoms with Crippen LogP contribution in [0.4, 0.5) is 0 Å². The summed E-state index contributed by atoms with van der Waals surface area (Å²) < 4.78 is 21.2. The number of carbonyl (C=O) groups is 1. The van der Waals surface area contributed by atoms with Gasteiger partial charge in [0.15, 0.2) is 23.0 Å². The fourth-order valence-corrected chi connectivity index (χ4v) is 2.38. The second kappa shape index (κ2) is 9.39. The highest BCUT2D eigenvalue weighted by Crippen LogP contribution is 2.31.